The van der Waals surface area contributed by atoms with Crippen LogP contribution in [0, 0.1) is 0 Å². The number of nitrogens with zero attached hydrogens (tertiary/aromatic N) is 1. The minimum atomic E-state index is 0.895. The Balaban J connectivity index is 1.29. The highest BCUT2D eigenvalue weighted by atomic mass is 32.1. The third kappa shape index (κ3) is 3.07. The lowest BCUT2D eigenvalue weighted by Crippen LogP contribution is -1.90. The highest BCUT2D eigenvalue weighted by molar-refractivity contribution is 7.26. The van der Waals surface area contributed by atoms with E-state index in [4.69, 9.17) is 9.40 Å². The minimum absolute atomic E-state index is 0.895. The second-order valence-corrected chi connectivity index (χ2v) is 11.4. The van der Waals surface area contributed by atoms with Crippen LogP contribution in [0.1, 0.15) is 0 Å². The van der Waals surface area contributed by atoms with E-state index in [2.05, 4.69) is 115 Å². The molecule has 0 aliphatic heterocycles. The zero-order chi connectivity index (χ0) is 26.2. The van der Waals surface area contributed by atoms with Gasteiger partial charge in [-0.05, 0) is 40.8 Å². The molecule has 0 fully saturated rings. The normalized spacial score (nSPS) is 12.0. The van der Waals surface area contributed by atoms with Gasteiger partial charge in [0.1, 0.15) is 11.2 Å². The van der Waals surface area contributed by atoms with Crippen LogP contribution in [0.3, 0.4) is 0 Å². The van der Waals surface area contributed by atoms with Gasteiger partial charge in [0.05, 0.1) is 16.6 Å². The van der Waals surface area contributed by atoms with Crippen LogP contribution in [0.15, 0.2) is 132 Å². The van der Waals surface area contributed by atoms with E-state index >= 15 is 0 Å². The summed E-state index contributed by atoms with van der Waals surface area (Å²) >= 11 is 1.87. The summed E-state index contributed by atoms with van der Waals surface area (Å²) in [4.78, 5) is 5.22. The molecule has 0 saturated carbocycles. The van der Waals surface area contributed by atoms with Crippen molar-refractivity contribution >= 4 is 75.1 Å². The minimum Gasteiger partial charge on any atom is -0.455 e. The van der Waals surface area contributed by atoms with Crippen molar-refractivity contribution in [2.24, 2.45) is 0 Å². The van der Waals surface area contributed by atoms with Gasteiger partial charge in [-0.3, -0.25) is 0 Å². The lowest BCUT2D eigenvalue weighted by molar-refractivity contribution is 0.672. The fraction of sp³-hybridized carbons (Fsp3) is 0. The van der Waals surface area contributed by atoms with E-state index in [-0.39, 0.29) is 0 Å². The van der Waals surface area contributed by atoms with Crippen molar-refractivity contribution in [3.05, 3.63) is 127 Å². The molecular formula is C37H21NOS. The first-order valence-corrected chi connectivity index (χ1v) is 14.3. The smallest absolute Gasteiger partial charge is 0.145 e. The highest BCUT2D eigenvalue weighted by Crippen LogP contribution is 2.43. The Morgan fingerprint density at radius 2 is 1.20 bits per heavy atom. The summed E-state index contributed by atoms with van der Waals surface area (Å²) in [5, 5.41) is 8.24. The van der Waals surface area contributed by atoms with E-state index in [1.165, 1.54) is 31.3 Å². The van der Waals surface area contributed by atoms with Crippen LogP contribution in [0.4, 0.5) is 0 Å². The molecule has 0 amide bonds. The van der Waals surface area contributed by atoms with Crippen molar-refractivity contribution in [2.75, 3.05) is 0 Å². The zero-order valence-electron chi connectivity index (χ0n) is 21.4. The van der Waals surface area contributed by atoms with Gasteiger partial charge in [-0.1, -0.05) is 103 Å². The molecule has 3 aromatic heterocycles. The van der Waals surface area contributed by atoms with Gasteiger partial charge in [0.15, 0.2) is 0 Å². The third-order valence-corrected chi connectivity index (χ3v) is 9.30. The number of pyridine rings is 1. The Morgan fingerprint density at radius 3 is 2.10 bits per heavy atom. The van der Waals surface area contributed by atoms with E-state index in [1.807, 2.05) is 23.5 Å². The molecule has 0 bridgehead atoms. The Bertz CT molecular complexity index is 2430. The second kappa shape index (κ2) is 8.25. The molecule has 0 N–H and O–H groups in total. The van der Waals surface area contributed by atoms with Crippen LogP contribution in [-0.2, 0) is 0 Å². The molecule has 9 rings (SSSR count). The van der Waals surface area contributed by atoms with Gasteiger partial charge in [-0.25, -0.2) is 4.98 Å². The largest absolute Gasteiger partial charge is 0.455 e. The number of furan rings is 1. The van der Waals surface area contributed by atoms with E-state index in [0.717, 1.165) is 54.9 Å². The average molecular weight is 528 g/mol. The predicted molar refractivity (Wildman–Crippen MR) is 170 cm³/mol. The van der Waals surface area contributed by atoms with Crippen LogP contribution >= 0.6 is 11.3 Å². The number of hydrogen-bond donors (Lipinski definition) is 0. The summed E-state index contributed by atoms with van der Waals surface area (Å²) < 4.78 is 9.16. The standard InChI is InChI=1S/C37H21NOS/c1-4-13-31-25(8-1)28-20-21-29-26-9-2-5-14-32(26)39-36(29)34(28)35(38-31)23-18-16-22(17-19-23)24-11-7-12-30-27-10-3-6-15-33(27)40-37(24)30/h1-21H. The maximum atomic E-state index is 6.51. The molecule has 0 aliphatic carbocycles. The van der Waals surface area contributed by atoms with Crippen LogP contribution in [-0.4, -0.2) is 4.98 Å². The summed E-state index contributed by atoms with van der Waals surface area (Å²) in [6.45, 7) is 0. The first kappa shape index (κ1) is 21.9. The fourth-order valence-corrected chi connectivity index (χ4v) is 7.45. The Kier molecular flexibility index (Phi) is 4.52. The number of benzene rings is 6. The monoisotopic (exact) mass is 527 g/mol. The molecule has 0 saturated heterocycles. The van der Waals surface area contributed by atoms with Crippen LogP contribution < -0.4 is 0 Å². The number of thiophene rings is 1. The maximum Gasteiger partial charge on any atom is 0.145 e. The fourth-order valence-electron chi connectivity index (χ4n) is 6.21. The Labute approximate surface area is 233 Å². The summed E-state index contributed by atoms with van der Waals surface area (Å²) in [5.74, 6) is 0. The topological polar surface area (TPSA) is 26.0 Å². The van der Waals surface area contributed by atoms with Crippen LogP contribution in [0.2, 0.25) is 0 Å². The van der Waals surface area contributed by atoms with Crippen LogP contribution in [0.25, 0.3) is 86.2 Å². The molecule has 9 aromatic rings. The lowest BCUT2D eigenvalue weighted by Gasteiger charge is -2.11. The average Bonchev–Trinajstić information content (AvgIpc) is 3.59. The number of fused-ring (bicyclic) bond motifs is 10. The first-order chi connectivity index (χ1) is 19.8. The van der Waals surface area contributed by atoms with Crippen molar-refractivity contribution in [1.82, 2.24) is 4.98 Å². The zero-order valence-corrected chi connectivity index (χ0v) is 22.2. The van der Waals surface area contributed by atoms with Crippen LogP contribution in [0.5, 0.6) is 0 Å². The Hall–Kier alpha value is -4.99. The van der Waals surface area contributed by atoms with E-state index in [1.54, 1.807) is 0 Å². The molecule has 0 radical (unpaired) electrons. The van der Waals surface area contributed by atoms with Gasteiger partial charge < -0.3 is 4.42 Å². The second-order valence-electron chi connectivity index (χ2n) is 10.3. The highest BCUT2D eigenvalue weighted by Gasteiger charge is 2.18. The molecular weight excluding hydrogens is 506 g/mol. The van der Waals surface area contributed by atoms with Crippen molar-refractivity contribution in [1.29, 1.82) is 0 Å². The Morgan fingerprint density at radius 1 is 0.500 bits per heavy atom. The summed E-state index contributed by atoms with van der Waals surface area (Å²) in [6, 6.07) is 45.2. The number of para-hydroxylation sites is 2. The summed E-state index contributed by atoms with van der Waals surface area (Å²) in [6.07, 6.45) is 0. The summed E-state index contributed by atoms with van der Waals surface area (Å²) in [5.41, 5.74) is 7.28. The summed E-state index contributed by atoms with van der Waals surface area (Å²) in [7, 11) is 0. The van der Waals surface area contributed by atoms with E-state index in [0.29, 0.717) is 0 Å². The number of hydrogen-bond acceptors (Lipinski definition) is 3. The van der Waals surface area contributed by atoms with Crippen molar-refractivity contribution in [2.45, 2.75) is 0 Å². The van der Waals surface area contributed by atoms with Crippen molar-refractivity contribution in [3.8, 4) is 22.4 Å². The van der Waals surface area contributed by atoms with Gasteiger partial charge in [0.25, 0.3) is 0 Å². The molecule has 0 spiro atoms. The molecule has 40 heavy (non-hydrogen) atoms. The molecule has 0 aliphatic rings. The molecule has 0 atom stereocenters. The van der Waals surface area contributed by atoms with Crippen molar-refractivity contribution < 1.29 is 4.42 Å². The van der Waals surface area contributed by atoms with E-state index < -0.39 is 0 Å². The molecule has 6 aromatic carbocycles. The molecule has 0 unspecified atom stereocenters. The van der Waals surface area contributed by atoms with Gasteiger partial charge in [0, 0.05) is 41.9 Å². The number of rotatable bonds is 2. The van der Waals surface area contributed by atoms with Gasteiger partial charge in [-0.15, -0.1) is 11.3 Å². The SMILES string of the molecule is c1ccc2c(c1)nc(-c1ccc(-c3cccc4c3sc3ccccc34)cc1)c1c2ccc2c3ccccc3oc21. The van der Waals surface area contributed by atoms with E-state index in [9.17, 15) is 0 Å². The quantitative estimate of drug-likeness (QED) is 0.209. The van der Waals surface area contributed by atoms with Gasteiger partial charge in [-0.2, -0.15) is 0 Å². The molecule has 2 nitrogen and oxygen atoms in total. The predicted octanol–water partition coefficient (Wildman–Crippen LogP) is 11.0. The maximum absolute atomic E-state index is 6.51. The molecule has 3 heterocycles. The van der Waals surface area contributed by atoms with Gasteiger partial charge in [0.2, 0.25) is 0 Å². The number of aromatic nitrogens is 1. The first-order valence-electron chi connectivity index (χ1n) is 13.5. The van der Waals surface area contributed by atoms with Crippen molar-refractivity contribution in [3.63, 3.8) is 0 Å². The van der Waals surface area contributed by atoms with Gasteiger partial charge >= 0.3 is 0 Å². The molecule has 3 heteroatoms. The third-order valence-electron chi connectivity index (χ3n) is 8.08. The lowest BCUT2D eigenvalue weighted by atomic mass is 9.96. The molecule has 186 valence electrons.